The molecule has 1 heterocycles. The van der Waals surface area contributed by atoms with Gasteiger partial charge in [0, 0.05) is 32.3 Å². The van der Waals surface area contributed by atoms with Gasteiger partial charge in [-0.25, -0.2) is 8.42 Å². The van der Waals surface area contributed by atoms with Crippen LogP contribution >= 0.6 is 0 Å². The van der Waals surface area contributed by atoms with Gasteiger partial charge in [0.1, 0.15) is 0 Å². The monoisotopic (exact) mass is 438 g/mol. The molecule has 0 aromatic heterocycles. The second-order valence-corrected chi connectivity index (χ2v) is 8.90. The minimum absolute atomic E-state index is 0.0142. The molecule has 0 spiro atoms. The molecule has 160 valence electrons. The third kappa shape index (κ3) is 4.91. The molecule has 1 aliphatic heterocycles. The van der Waals surface area contributed by atoms with Crippen molar-refractivity contribution >= 4 is 21.5 Å². The maximum absolute atomic E-state index is 13.4. The van der Waals surface area contributed by atoms with Crippen LogP contribution in [0.4, 0.5) is 13.2 Å². The fourth-order valence-electron chi connectivity index (χ4n) is 3.17. The number of halogens is 3. The lowest BCUT2D eigenvalue weighted by molar-refractivity contribution is -0.127. The third-order valence-corrected chi connectivity index (χ3v) is 6.78. The van der Waals surface area contributed by atoms with Crippen LogP contribution in [0.5, 0.6) is 0 Å². The third-order valence-electron chi connectivity index (χ3n) is 4.87. The zero-order valence-electron chi connectivity index (χ0n) is 16.3. The van der Waals surface area contributed by atoms with E-state index in [0.717, 1.165) is 5.56 Å². The minimum Gasteiger partial charge on any atom is -0.337 e. The van der Waals surface area contributed by atoms with Crippen LogP contribution in [0, 0.1) is 6.92 Å². The molecule has 0 atom stereocenters. The van der Waals surface area contributed by atoms with Gasteiger partial charge in [-0.15, -0.1) is 0 Å². The van der Waals surface area contributed by atoms with Crippen molar-refractivity contribution in [2.75, 3.05) is 26.2 Å². The Labute approximate surface area is 173 Å². The summed E-state index contributed by atoms with van der Waals surface area (Å²) in [6.07, 6.45) is -4.10. The Bertz CT molecular complexity index is 1030. The molecule has 1 saturated heterocycles. The number of hydrogen-bond donors (Lipinski definition) is 0. The zero-order valence-corrected chi connectivity index (χ0v) is 17.1. The summed E-state index contributed by atoms with van der Waals surface area (Å²) in [6.45, 7) is 1.91. The smallest absolute Gasteiger partial charge is 0.337 e. The van der Waals surface area contributed by atoms with Crippen molar-refractivity contribution < 1.29 is 26.4 Å². The summed E-state index contributed by atoms with van der Waals surface area (Å²) < 4.78 is 67.0. The number of hydrogen-bond acceptors (Lipinski definition) is 3. The number of piperazine rings is 1. The van der Waals surface area contributed by atoms with Crippen LogP contribution in [-0.4, -0.2) is 55.9 Å². The second-order valence-electron chi connectivity index (χ2n) is 6.96. The van der Waals surface area contributed by atoms with Gasteiger partial charge in [-0.3, -0.25) is 4.79 Å². The highest BCUT2D eigenvalue weighted by Crippen LogP contribution is 2.34. The number of allylic oxidation sites excluding steroid dienone is 1. The number of aryl methyl sites for hydroxylation is 1. The van der Waals surface area contributed by atoms with Crippen LogP contribution in [-0.2, 0) is 14.8 Å². The molecule has 9 heteroatoms. The molecular formula is C21H21F3N2O3S. The minimum atomic E-state index is -4.69. The van der Waals surface area contributed by atoms with Gasteiger partial charge in [0.2, 0.25) is 15.9 Å². The van der Waals surface area contributed by atoms with E-state index in [9.17, 15) is 26.4 Å². The van der Waals surface area contributed by atoms with Gasteiger partial charge in [0.25, 0.3) is 0 Å². The average molecular weight is 438 g/mol. The van der Waals surface area contributed by atoms with E-state index in [-0.39, 0.29) is 36.6 Å². The maximum atomic E-state index is 13.4. The van der Waals surface area contributed by atoms with E-state index in [1.165, 1.54) is 45.6 Å². The summed E-state index contributed by atoms with van der Waals surface area (Å²) in [6, 6.07) is 13.5. The molecule has 3 rings (SSSR count). The summed E-state index contributed by atoms with van der Waals surface area (Å²) in [7, 11) is -3.72. The predicted molar refractivity (Wildman–Crippen MR) is 107 cm³/mol. The Morgan fingerprint density at radius 3 is 2.03 bits per heavy atom. The largest absolute Gasteiger partial charge is 0.417 e. The van der Waals surface area contributed by atoms with Gasteiger partial charge < -0.3 is 4.90 Å². The highest BCUT2D eigenvalue weighted by atomic mass is 32.2. The van der Waals surface area contributed by atoms with Crippen molar-refractivity contribution in [1.82, 2.24) is 9.21 Å². The van der Waals surface area contributed by atoms with E-state index >= 15 is 0 Å². The first kappa shape index (κ1) is 22.0. The molecule has 0 aliphatic carbocycles. The molecule has 0 saturated carbocycles. The topological polar surface area (TPSA) is 57.7 Å². The number of carbonyl (C=O) groups excluding carboxylic acids is 1. The highest BCUT2D eigenvalue weighted by Gasteiger charge is 2.36. The lowest BCUT2D eigenvalue weighted by atomic mass is 10.0. The average Bonchev–Trinajstić information content (AvgIpc) is 2.72. The summed E-state index contributed by atoms with van der Waals surface area (Å²) in [5.74, 6) is -0.793. The van der Waals surface area contributed by atoms with E-state index < -0.39 is 27.7 Å². The molecule has 0 bridgehead atoms. The van der Waals surface area contributed by atoms with E-state index in [0.29, 0.717) is 6.08 Å². The van der Waals surface area contributed by atoms with Crippen LogP contribution < -0.4 is 0 Å². The van der Waals surface area contributed by atoms with Gasteiger partial charge in [-0.1, -0.05) is 48.0 Å². The molecule has 0 unspecified atom stereocenters. The summed E-state index contributed by atoms with van der Waals surface area (Å²) in [5, 5.41) is 0. The molecular weight excluding hydrogens is 417 g/mol. The van der Waals surface area contributed by atoms with Crippen molar-refractivity contribution in [2.24, 2.45) is 0 Å². The first-order valence-corrected chi connectivity index (χ1v) is 10.7. The Kier molecular flexibility index (Phi) is 6.33. The molecule has 2 aromatic carbocycles. The SMILES string of the molecule is Cc1ccc(S(=O)(=O)N2CCN(C(=O)/C=C(/c3ccccc3)C(F)(F)F)CC2)cc1. The summed E-state index contributed by atoms with van der Waals surface area (Å²) in [4.78, 5) is 13.9. The quantitative estimate of drug-likeness (QED) is 0.687. The van der Waals surface area contributed by atoms with Crippen LogP contribution in [0.15, 0.2) is 65.6 Å². The number of alkyl halides is 3. The standard InChI is InChI=1S/C21H21F3N2O3S/c1-16-7-9-18(10-8-16)30(28,29)26-13-11-25(12-14-26)20(27)15-19(21(22,23)24)17-5-3-2-4-6-17/h2-10,15H,11-14H2,1H3/b19-15-. The first-order chi connectivity index (χ1) is 14.1. The number of nitrogens with zero attached hydrogens (tertiary/aromatic N) is 2. The molecule has 30 heavy (non-hydrogen) atoms. The maximum Gasteiger partial charge on any atom is 0.417 e. The van der Waals surface area contributed by atoms with Gasteiger partial charge in [0.15, 0.2) is 0 Å². The molecule has 1 fully saturated rings. The van der Waals surface area contributed by atoms with Gasteiger partial charge in [0.05, 0.1) is 10.5 Å². The van der Waals surface area contributed by atoms with E-state index in [1.807, 2.05) is 6.92 Å². The van der Waals surface area contributed by atoms with Crippen LogP contribution in [0.1, 0.15) is 11.1 Å². The van der Waals surface area contributed by atoms with Crippen molar-refractivity contribution in [1.29, 1.82) is 0 Å². The Hall–Kier alpha value is -2.65. The Morgan fingerprint density at radius 1 is 0.933 bits per heavy atom. The van der Waals surface area contributed by atoms with Gasteiger partial charge in [-0.05, 0) is 24.6 Å². The lowest BCUT2D eigenvalue weighted by Crippen LogP contribution is -2.50. The zero-order chi connectivity index (χ0) is 21.9. The number of carbonyl (C=O) groups is 1. The molecule has 0 N–H and O–H groups in total. The molecule has 1 amide bonds. The van der Waals surface area contributed by atoms with Gasteiger partial charge >= 0.3 is 6.18 Å². The Balaban J connectivity index is 1.73. The predicted octanol–water partition coefficient (Wildman–Crippen LogP) is 3.47. The van der Waals surface area contributed by atoms with Crippen LogP contribution in [0.25, 0.3) is 5.57 Å². The number of sulfonamides is 1. The van der Waals surface area contributed by atoms with Crippen molar-refractivity contribution in [3.05, 3.63) is 71.8 Å². The molecule has 1 aliphatic rings. The summed E-state index contributed by atoms with van der Waals surface area (Å²) >= 11 is 0. The molecule has 5 nitrogen and oxygen atoms in total. The second kappa shape index (κ2) is 8.61. The first-order valence-electron chi connectivity index (χ1n) is 9.29. The Morgan fingerprint density at radius 2 is 1.50 bits per heavy atom. The number of benzene rings is 2. The van der Waals surface area contributed by atoms with E-state index in [4.69, 9.17) is 0 Å². The van der Waals surface area contributed by atoms with E-state index in [1.54, 1.807) is 18.2 Å². The van der Waals surface area contributed by atoms with Crippen LogP contribution in [0.3, 0.4) is 0 Å². The van der Waals surface area contributed by atoms with Crippen molar-refractivity contribution in [2.45, 2.75) is 18.0 Å². The van der Waals surface area contributed by atoms with Crippen molar-refractivity contribution in [3.63, 3.8) is 0 Å². The van der Waals surface area contributed by atoms with Crippen LogP contribution in [0.2, 0.25) is 0 Å². The molecule has 2 aromatic rings. The molecule has 0 radical (unpaired) electrons. The number of rotatable bonds is 4. The fraction of sp³-hybridized carbons (Fsp3) is 0.286. The lowest BCUT2D eigenvalue weighted by Gasteiger charge is -2.33. The fourth-order valence-corrected chi connectivity index (χ4v) is 4.59. The van der Waals surface area contributed by atoms with Gasteiger partial charge in [-0.2, -0.15) is 17.5 Å². The number of amides is 1. The van der Waals surface area contributed by atoms with Crippen molar-refractivity contribution in [3.8, 4) is 0 Å². The highest BCUT2D eigenvalue weighted by molar-refractivity contribution is 7.89. The van der Waals surface area contributed by atoms with E-state index in [2.05, 4.69) is 0 Å². The normalized spacial score (nSPS) is 16.5. The summed E-state index contributed by atoms with van der Waals surface area (Å²) in [5.41, 5.74) is -0.197.